The van der Waals surface area contributed by atoms with Crippen molar-refractivity contribution in [3.8, 4) is 11.5 Å². The van der Waals surface area contributed by atoms with Gasteiger partial charge in [-0.3, -0.25) is 10.1 Å². The number of aryl methyl sites for hydroxylation is 1. The molecule has 0 unspecified atom stereocenters. The molecule has 136 valence electrons. The van der Waals surface area contributed by atoms with Crippen LogP contribution in [0.4, 0.5) is 5.95 Å². The molecule has 0 aliphatic heterocycles. The molecule has 6 heteroatoms. The first-order chi connectivity index (χ1) is 12.7. The zero-order chi connectivity index (χ0) is 18.5. The highest BCUT2D eigenvalue weighted by molar-refractivity contribution is 6.04. The van der Waals surface area contributed by atoms with Crippen LogP contribution in [0.2, 0.25) is 0 Å². The summed E-state index contributed by atoms with van der Waals surface area (Å²) in [6.07, 6.45) is 0.945. The van der Waals surface area contributed by atoms with Gasteiger partial charge in [-0.25, -0.2) is 4.98 Å². The molecule has 3 aromatic rings. The van der Waals surface area contributed by atoms with E-state index in [0.29, 0.717) is 29.6 Å². The van der Waals surface area contributed by atoms with Crippen LogP contribution < -0.4 is 14.8 Å². The molecule has 0 radical (unpaired) electrons. The number of carbonyl (C=O) groups excluding carboxylic acids is 1. The first-order valence-electron chi connectivity index (χ1n) is 8.75. The molecule has 26 heavy (non-hydrogen) atoms. The summed E-state index contributed by atoms with van der Waals surface area (Å²) in [5.41, 5.74) is 2.36. The molecule has 0 spiro atoms. The second kappa shape index (κ2) is 7.91. The number of aromatic nitrogens is 2. The largest absolute Gasteiger partial charge is 0.493 e. The summed E-state index contributed by atoms with van der Waals surface area (Å²) < 4.78 is 12.8. The Morgan fingerprint density at radius 1 is 1.15 bits per heavy atom. The van der Waals surface area contributed by atoms with Gasteiger partial charge in [0, 0.05) is 12.1 Å². The third-order valence-corrected chi connectivity index (χ3v) is 4.05. The Morgan fingerprint density at radius 3 is 2.69 bits per heavy atom. The maximum Gasteiger partial charge on any atom is 0.258 e. The molecule has 0 atom stereocenters. The van der Waals surface area contributed by atoms with E-state index in [-0.39, 0.29) is 5.91 Å². The van der Waals surface area contributed by atoms with E-state index in [9.17, 15) is 4.79 Å². The van der Waals surface area contributed by atoms with E-state index >= 15 is 0 Å². The van der Waals surface area contributed by atoms with Crippen molar-refractivity contribution < 1.29 is 14.3 Å². The van der Waals surface area contributed by atoms with Crippen LogP contribution in [-0.4, -0.2) is 29.2 Å². The fourth-order valence-corrected chi connectivity index (χ4v) is 2.88. The molecule has 1 heterocycles. The fraction of sp³-hybridized carbons (Fsp3) is 0.300. The minimum Gasteiger partial charge on any atom is -0.493 e. The third-order valence-electron chi connectivity index (χ3n) is 4.05. The molecule has 2 aromatic carbocycles. The van der Waals surface area contributed by atoms with Crippen molar-refractivity contribution in [3.05, 3.63) is 48.0 Å². The maximum absolute atomic E-state index is 12.7. The molecule has 0 saturated heterocycles. The number of nitrogens with one attached hydrogen (secondary N) is 1. The third kappa shape index (κ3) is 3.49. The van der Waals surface area contributed by atoms with Crippen molar-refractivity contribution in [1.82, 2.24) is 9.55 Å². The van der Waals surface area contributed by atoms with Crippen LogP contribution in [-0.2, 0) is 6.54 Å². The van der Waals surface area contributed by atoms with Gasteiger partial charge >= 0.3 is 0 Å². The van der Waals surface area contributed by atoms with E-state index in [2.05, 4.69) is 17.2 Å². The highest BCUT2D eigenvalue weighted by atomic mass is 16.5. The van der Waals surface area contributed by atoms with Gasteiger partial charge in [0.05, 0.1) is 24.8 Å². The van der Waals surface area contributed by atoms with E-state index in [1.54, 1.807) is 25.3 Å². The van der Waals surface area contributed by atoms with E-state index in [4.69, 9.17) is 9.47 Å². The van der Waals surface area contributed by atoms with Crippen molar-refractivity contribution in [3.63, 3.8) is 0 Å². The number of amides is 1. The van der Waals surface area contributed by atoms with Crippen molar-refractivity contribution in [2.45, 2.75) is 26.8 Å². The number of anilines is 1. The number of carbonyl (C=O) groups is 1. The van der Waals surface area contributed by atoms with Crippen LogP contribution in [0.1, 0.15) is 30.6 Å². The predicted octanol–water partition coefficient (Wildman–Crippen LogP) is 4.11. The number of para-hydroxylation sites is 2. The second-order valence-electron chi connectivity index (χ2n) is 5.83. The number of hydrogen-bond donors (Lipinski definition) is 1. The van der Waals surface area contributed by atoms with Gasteiger partial charge in [-0.05, 0) is 43.7 Å². The number of methoxy groups -OCH3 is 1. The molecule has 1 amide bonds. The lowest BCUT2D eigenvalue weighted by molar-refractivity contribution is 0.102. The predicted molar refractivity (Wildman–Crippen MR) is 102 cm³/mol. The van der Waals surface area contributed by atoms with E-state index in [1.807, 2.05) is 35.8 Å². The number of fused-ring (bicyclic) bond motifs is 1. The van der Waals surface area contributed by atoms with Crippen LogP contribution in [0, 0.1) is 0 Å². The van der Waals surface area contributed by atoms with Crippen molar-refractivity contribution in [1.29, 1.82) is 0 Å². The molecular formula is C20H23N3O3. The lowest BCUT2D eigenvalue weighted by atomic mass is 10.2. The summed E-state index contributed by atoms with van der Waals surface area (Å²) >= 11 is 0. The van der Waals surface area contributed by atoms with E-state index in [0.717, 1.165) is 24.0 Å². The Morgan fingerprint density at radius 2 is 1.96 bits per heavy atom. The number of rotatable bonds is 7. The summed E-state index contributed by atoms with van der Waals surface area (Å²) in [4.78, 5) is 17.3. The molecule has 0 bridgehead atoms. The number of nitrogens with zero attached hydrogens (tertiary/aromatic N) is 2. The highest BCUT2D eigenvalue weighted by Gasteiger charge is 2.15. The Hall–Kier alpha value is -3.02. The average molecular weight is 353 g/mol. The lowest BCUT2D eigenvalue weighted by Crippen LogP contribution is -2.16. The molecule has 0 fully saturated rings. The zero-order valence-electron chi connectivity index (χ0n) is 15.3. The van der Waals surface area contributed by atoms with Crippen molar-refractivity contribution in [2.75, 3.05) is 19.0 Å². The van der Waals surface area contributed by atoms with Crippen LogP contribution >= 0.6 is 0 Å². The van der Waals surface area contributed by atoms with Gasteiger partial charge in [0.1, 0.15) is 0 Å². The van der Waals surface area contributed by atoms with Crippen LogP contribution in [0.25, 0.3) is 11.0 Å². The summed E-state index contributed by atoms with van der Waals surface area (Å²) in [7, 11) is 1.56. The lowest BCUT2D eigenvalue weighted by Gasteiger charge is -2.12. The van der Waals surface area contributed by atoms with Crippen molar-refractivity contribution in [2.24, 2.45) is 0 Å². The van der Waals surface area contributed by atoms with E-state index in [1.165, 1.54) is 0 Å². The first kappa shape index (κ1) is 17.8. The van der Waals surface area contributed by atoms with E-state index < -0.39 is 0 Å². The standard InChI is InChI=1S/C20H23N3O3/c1-4-12-23-16-9-7-6-8-15(16)21-20(23)22-19(24)14-10-11-17(26-5-2)18(13-14)25-3/h6-11,13H,4-5,12H2,1-3H3,(H,21,22,24). The Balaban J connectivity index is 1.90. The van der Waals surface area contributed by atoms with Gasteiger partial charge in [0.25, 0.3) is 5.91 Å². The van der Waals surface area contributed by atoms with Gasteiger partial charge in [-0.1, -0.05) is 19.1 Å². The Kier molecular flexibility index (Phi) is 5.41. The summed E-state index contributed by atoms with van der Waals surface area (Å²) in [6, 6.07) is 13.0. The fourth-order valence-electron chi connectivity index (χ4n) is 2.88. The number of imidazole rings is 1. The number of hydrogen-bond acceptors (Lipinski definition) is 4. The number of benzene rings is 2. The molecule has 3 rings (SSSR count). The average Bonchev–Trinajstić information content (AvgIpc) is 3.00. The molecule has 0 aliphatic rings. The van der Waals surface area contributed by atoms with Crippen LogP contribution in [0.5, 0.6) is 11.5 Å². The van der Waals surface area contributed by atoms with Gasteiger partial charge in [-0.2, -0.15) is 0 Å². The Bertz CT molecular complexity index is 918. The number of ether oxygens (including phenoxy) is 2. The summed E-state index contributed by atoms with van der Waals surface area (Å²) in [5.74, 6) is 1.45. The topological polar surface area (TPSA) is 65.4 Å². The second-order valence-corrected chi connectivity index (χ2v) is 5.83. The van der Waals surface area contributed by atoms with Crippen LogP contribution in [0.15, 0.2) is 42.5 Å². The Labute approximate surface area is 152 Å². The van der Waals surface area contributed by atoms with Gasteiger partial charge in [0.15, 0.2) is 11.5 Å². The quantitative estimate of drug-likeness (QED) is 0.694. The normalized spacial score (nSPS) is 10.7. The van der Waals surface area contributed by atoms with Gasteiger partial charge < -0.3 is 14.0 Å². The molecule has 6 nitrogen and oxygen atoms in total. The minimum absolute atomic E-state index is 0.237. The highest BCUT2D eigenvalue weighted by Crippen LogP contribution is 2.28. The summed E-state index contributed by atoms with van der Waals surface area (Å²) in [5, 5.41) is 2.92. The monoisotopic (exact) mass is 353 g/mol. The molecule has 0 saturated carbocycles. The smallest absolute Gasteiger partial charge is 0.258 e. The first-order valence-corrected chi connectivity index (χ1v) is 8.75. The zero-order valence-corrected chi connectivity index (χ0v) is 15.3. The molecule has 1 aromatic heterocycles. The maximum atomic E-state index is 12.7. The molecular weight excluding hydrogens is 330 g/mol. The van der Waals surface area contributed by atoms with Crippen molar-refractivity contribution >= 4 is 22.9 Å². The van der Waals surface area contributed by atoms with Gasteiger partial charge in [0.2, 0.25) is 5.95 Å². The summed E-state index contributed by atoms with van der Waals surface area (Å²) in [6.45, 7) is 5.31. The SMILES string of the molecule is CCCn1c(NC(=O)c2ccc(OCC)c(OC)c2)nc2ccccc21. The van der Waals surface area contributed by atoms with Crippen LogP contribution in [0.3, 0.4) is 0 Å². The molecule has 0 aliphatic carbocycles. The minimum atomic E-state index is -0.237. The molecule has 1 N–H and O–H groups in total. The van der Waals surface area contributed by atoms with Gasteiger partial charge in [-0.15, -0.1) is 0 Å².